The number of hydrogen-bond acceptors (Lipinski definition) is 6. The molecule has 3 N–H and O–H groups in total. The van der Waals surface area contributed by atoms with Crippen molar-refractivity contribution in [3.8, 4) is 5.75 Å². The first-order chi connectivity index (χ1) is 14.5. The molecule has 1 unspecified atom stereocenters. The topological polar surface area (TPSA) is 92.7 Å². The predicted octanol–water partition coefficient (Wildman–Crippen LogP) is 2.71. The summed E-state index contributed by atoms with van der Waals surface area (Å²) in [7, 11) is 1.65. The molecule has 3 rings (SSSR count). The Morgan fingerprint density at radius 1 is 1.27 bits per heavy atom. The summed E-state index contributed by atoms with van der Waals surface area (Å²) in [4.78, 5) is 13.5. The molecule has 1 fully saturated rings. The van der Waals surface area contributed by atoms with Crippen molar-refractivity contribution in [3.63, 3.8) is 0 Å². The van der Waals surface area contributed by atoms with E-state index in [4.69, 9.17) is 21.7 Å². The normalized spacial score (nSPS) is 16.2. The number of methoxy groups -OCH3 is 1. The number of nitrogens with one attached hydrogen (secondary N) is 3. The second kappa shape index (κ2) is 10.8. The van der Waals surface area contributed by atoms with E-state index in [-0.39, 0.29) is 6.10 Å². The quantitative estimate of drug-likeness (QED) is 0.367. The summed E-state index contributed by atoms with van der Waals surface area (Å²) in [6.07, 6.45) is 2.32. The minimum atomic E-state index is 0.189. The first-order valence-electron chi connectivity index (χ1n) is 9.95. The zero-order chi connectivity index (χ0) is 21.3. The van der Waals surface area contributed by atoms with E-state index in [1.807, 2.05) is 44.2 Å². The van der Waals surface area contributed by atoms with Gasteiger partial charge in [0.25, 0.3) is 0 Å². The third kappa shape index (κ3) is 6.64. The molecule has 1 saturated heterocycles. The van der Waals surface area contributed by atoms with Gasteiger partial charge < -0.3 is 20.1 Å². The molecule has 9 heteroatoms. The molecule has 0 saturated carbocycles. The molecule has 0 amide bonds. The maximum Gasteiger partial charge on any atom is 0.229 e. The fourth-order valence-electron chi connectivity index (χ4n) is 3.16. The van der Waals surface area contributed by atoms with Crippen LogP contribution in [0.4, 0.5) is 5.95 Å². The van der Waals surface area contributed by atoms with Gasteiger partial charge in [-0.3, -0.25) is 5.32 Å². The molecule has 8 nitrogen and oxygen atoms in total. The number of para-hydroxylation sites is 1. The Hall–Kier alpha value is -2.78. The monoisotopic (exact) mass is 428 g/mol. The third-order valence-corrected chi connectivity index (χ3v) is 4.81. The largest absolute Gasteiger partial charge is 0.496 e. The van der Waals surface area contributed by atoms with Gasteiger partial charge >= 0.3 is 0 Å². The lowest BCUT2D eigenvalue weighted by atomic mass is 10.2. The maximum atomic E-state index is 5.63. The van der Waals surface area contributed by atoms with E-state index in [1.165, 1.54) is 0 Å². The SMILES string of the molecule is COc1ccccc1CN=C(NC(=S)NCC1CCCO1)Nc1nc(C)cc(C)n1. The minimum Gasteiger partial charge on any atom is -0.496 e. The number of aliphatic imine (C=N–C) groups is 1. The van der Waals surface area contributed by atoms with Crippen LogP contribution in [0.3, 0.4) is 0 Å². The molecular formula is C21H28N6O2S. The Bertz CT molecular complexity index is 879. The van der Waals surface area contributed by atoms with Crippen molar-refractivity contribution in [3.05, 3.63) is 47.3 Å². The summed E-state index contributed by atoms with van der Waals surface area (Å²) < 4.78 is 11.0. The van der Waals surface area contributed by atoms with Crippen LogP contribution in [-0.4, -0.2) is 47.4 Å². The van der Waals surface area contributed by atoms with Crippen LogP contribution in [0.2, 0.25) is 0 Å². The van der Waals surface area contributed by atoms with Gasteiger partial charge in [0.05, 0.1) is 19.8 Å². The molecule has 0 aliphatic carbocycles. The summed E-state index contributed by atoms with van der Waals surface area (Å²) in [6, 6.07) is 9.68. The van der Waals surface area contributed by atoms with Crippen molar-refractivity contribution in [1.29, 1.82) is 0 Å². The number of rotatable bonds is 6. The van der Waals surface area contributed by atoms with Crippen LogP contribution >= 0.6 is 12.2 Å². The molecule has 2 aromatic rings. The molecule has 160 valence electrons. The highest BCUT2D eigenvalue weighted by molar-refractivity contribution is 7.80. The molecule has 1 atom stereocenters. The number of aryl methyl sites for hydroxylation is 2. The highest BCUT2D eigenvalue weighted by Crippen LogP contribution is 2.18. The number of ether oxygens (including phenoxy) is 2. The molecular weight excluding hydrogens is 400 g/mol. The molecule has 0 bridgehead atoms. The Morgan fingerprint density at radius 3 is 2.73 bits per heavy atom. The van der Waals surface area contributed by atoms with E-state index in [1.54, 1.807) is 7.11 Å². The van der Waals surface area contributed by atoms with E-state index in [9.17, 15) is 0 Å². The van der Waals surface area contributed by atoms with Gasteiger partial charge in [-0.15, -0.1) is 0 Å². The molecule has 30 heavy (non-hydrogen) atoms. The van der Waals surface area contributed by atoms with Crippen LogP contribution in [0, 0.1) is 13.8 Å². The van der Waals surface area contributed by atoms with Gasteiger partial charge in [-0.25, -0.2) is 15.0 Å². The lowest BCUT2D eigenvalue weighted by molar-refractivity contribution is 0.114. The van der Waals surface area contributed by atoms with Gasteiger partial charge in [-0.1, -0.05) is 18.2 Å². The van der Waals surface area contributed by atoms with Gasteiger partial charge in [-0.2, -0.15) is 0 Å². The van der Waals surface area contributed by atoms with Crippen LogP contribution in [-0.2, 0) is 11.3 Å². The molecule has 1 aliphatic heterocycles. The van der Waals surface area contributed by atoms with E-state index >= 15 is 0 Å². The fraction of sp³-hybridized carbons (Fsp3) is 0.429. The second-order valence-electron chi connectivity index (χ2n) is 7.05. The Morgan fingerprint density at radius 2 is 2.03 bits per heavy atom. The average Bonchev–Trinajstić information content (AvgIpc) is 3.23. The number of aromatic nitrogens is 2. The van der Waals surface area contributed by atoms with Crippen molar-refractivity contribution in [2.45, 2.75) is 39.3 Å². The third-order valence-electron chi connectivity index (χ3n) is 4.56. The summed E-state index contributed by atoms with van der Waals surface area (Å²) in [6.45, 7) is 5.72. The van der Waals surface area contributed by atoms with E-state index in [0.29, 0.717) is 30.1 Å². The van der Waals surface area contributed by atoms with Gasteiger partial charge in [0.2, 0.25) is 11.9 Å². The predicted molar refractivity (Wildman–Crippen MR) is 122 cm³/mol. The first-order valence-corrected chi connectivity index (χ1v) is 10.4. The average molecular weight is 429 g/mol. The number of guanidine groups is 1. The van der Waals surface area contributed by atoms with Crippen LogP contribution in [0.5, 0.6) is 5.75 Å². The summed E-state index contributed by atoms with van der Waals surface area (Å²) in [5, 5.41) is 9.92. The van der Waals surface area contributed by atoms with Crippen molar-refractivity contribution >= 4 is 29.2 Å². The van der Waals surface area contributed by atoms with Crippen molar-refractivity contribution in [2.24, 2.45) is 4.99 Å². The maximum absolute atomic E-state index is 5.63. The standard InChI is InChI=1S/C21H28N6O2S/c1-14-11-15(2)25-20(24-14)26-19(22-12-16-7-4-5-9-18(16)28-3)27-21(30)23-13-17-8-6-10-29-17/h4-5,7,9,11,17H,6,8,10,12-13H2,1-3H3,(H3,22,23,24,25,26,27,30). The smallest absolute Gasteiger partial charge is 0.229 e. The van der Waals surface area contributed by atoms with Crippen LogP contribution in [0.1, 0.15) is 29.8 Å². The van der Waals surface area contributed by atoms with Crippen LogP contribution in [0.15, 0.2) is 35.3 Å². The summed E-state index contributed by atoms with van der Waals surface area (Å²) >= 11 is 5.45. The number of nitrogens with zero attached hydrogens (tertiary/aromatic N) is 3. The molecule has 1 aromatic heterocycles. The van der Waals surface area contributed by atoms with Gasteiger partial charge in [-0.05, 0) is 51.0 Å². The highest BCUT2D eigenvalue weighted by Gasteiger charge is 2.16. The van der Waals surface area contributed by atoms with E-state index in [2.05, 4.69) is 30.9 Å². The highest BCUT2D eigenvalue weighted by atomic mass is 32.1. The second-order valence-corrected chi connectivity index (χ2v) is 7.45. The first kappa shape index (κ1) is 21.9. The van der Waals surface area contributed by atoms with Gasteiger partial charge in [0.15, 0.2) is 5.11 Å². The Kier molecular flexibility index (Phi) is 7.92. The number of anilines is 1. The molecule has 1 aromatic carbocycles. The van der Waals surface area contributed by atoms with Crippen LogP contribution in [0.25, 0.3) is 0 Å². The van der Waals surface area contributed by atoms with Crippen molar-refractivity contribution in [1.82, 2.24) is 20.6 Å². The number of hydrogen-bond donors (Lipinski definition) is 3. The van der Waals surface area contributed by atoms with Gasteiger partial charge in [0.1, 0.15) is 5.75 Å². The Labute approximate surface area is 182 Å². The molecule has 2 heterocycles. The Balaban J connectivity index is 1.72. The molecule has 1 aliphatic rings. The molecule has 0 radical (unpaired) electrons. The van der Waals surface area contributed by atoms with Crippen molar-refractivity contribution in [2.75, 3.05) is 25.6 Å². The zero-order valence-corrected chi connectivity index (χ0v) is 18.4. The van der Waals surface area contributed by atoms with Gasteiger partial charge in [0, 0.05) is 30.1 Å². The van der Waals surface area contributed by atoms with Crippen LogP contribution < -0.4 is 20.7 Å². The summed E-state index contributed by atoms with van der Waals surface area (Å²) in [5.41, 5.74) is 2.70. The number of benzene rings is 1. The minimum absolute atomic E-state index is 0.189. The van der Waals surface area contributed by atoms with E-state index < -0.39 is 0 Å². The lowest BCUT2D eigenvalue weighted by Gasteiger charge is -2.16. The van der Waals surface area contributed by atoms with Crippen molar-refractivity contribution < 1.29 is 9.47 Å². The summed E-state index contributed by atoms with van der Waals surface area (Å²) in [5.74, 6) is 1.69. The number of thiocarbonyl (C=S) groups is 1. The van der Waals surface area contributed by atoms with E-state index in [0.717, 1.165) is 42.1 Å². The molecule has 0 spiro atoms. The lowest BCUT2D eigenvalue weighted by Crippen LogP contribution is -2.45. The fourth-order valence-corrected chi connectivity index (χ4v) is 3.34. The zero-order valence-electron chi connectivity index (χ0n) is 17.6.